The van der Waals surface area contributed by atoms with Crippen molar-refractivity contribution in [2.45, 2.75) is 31.5 Å². The van der Waals surface area contributed by atoms with Gasteiger partial charge in [0.25, 0.3) is 0 Å². The monoisotopic (exact) mass is 375 g/mol. The number of aliphatic carboxylic acids is 1. The van der Waals surface area contributed by atoms with Crippen LogP contribution in [-0.2, 0) is 11.3 Å². The van der Waals surface area contributed by atoms with Crippen molar-refractivity contribution in [2.24, 2.45) is 0 Å². The van der Waals surface area contributed by atoms with E-state index in [-0.39, 0.29) is 11.7 Å². The smallest absolute Gasteiger partial charge is 0.313 e. The Morgan fingerprint density at radius 3 is 2.85 bits per heavy atom. The molecule has 2 heterocycles. The van der Waals surface area contributed by atoms with Crippen LogP contribution in [0.25, 0.3) is 0 Å². The zero-order valence-electron chi connectivity index (χ0n) is 11.0. The molecule has 1 N–H and O–H groups in total. The Labute approximate surface area is 133 Å². The van der Waals surface area contributed by atoms with Gasteiger partial charge in [-0.1, -0.05) is 25.6 Å². The van der Waals surface area contributed by atoms with E-state index in [0.717, 1.165) is 10.3 Å². The molecule has 0 aromatic carbocycles. The number of hydrogen-bond donors (Lipinski definition) is 1. The number of carboxylic acid groups (broad SMARTS) is 1. The van der Waals surface area contributed by atoms with Crippen molar-refractivity contribution in [1.29, 1.82) is 0 Å². The van der Waals surface area contributed by atoms with E-state index in [2.05, 4.69) is 40.0 Å². The van der Waals surface area contributed by atoms with Gasteiger partial charge in [0.05, 0.1) is 12.3 Å². The number of carbonyl (C=O) groups is 1. The lowest BCUT2D eigenvalue weighted by Gasteiger charge is -2.11. The fourth-order valence-electron chi connectivity index (χ4n) is 1.69. The number of carboxylic acids is 1. The lowest BCUT2D eigenvalue weighted by Crippen LogP contribution is -2.08. The Balaban J connectivity index is 2.29. The molecule has 108 valence electrons. The molecule has 0 fully saturated rings. The van der Waals surface area contributed by atoms with Gasteiger partial charge in [-0.15, -0.1) is 21.5 Å². The molecule has 2 aromatic rings. The number of aromatic nitrogens is 3. The maximum absolute atomic E-state index is 10.7. The number of thioether (sulfide) groups is 1. The average molecular weight is 376 g/mol. The molecule has 20 heavy (non-hydrogen) atoms. The first-order valence-electron chi connectivity index (χ1n) is 5.98. The normalized spacial score (nSPS) is 11.2. The van der Waals surface area contributed by atoms with E-state index in [1.165, 1.54) is 16.6 Å². The fourth-order valence-corrected chi connectivity index (χ4v) is 3.82. The molecule has 0 bridgehead atoms. The van der Waals surface area contributed by atoms with Crippen LogP contribution in [0.4, 0.5) is 0 Å². The van der Waals surface area contributed by atoms with Crippen LogP contribution in [0.1, 0.15) is 30.5 Å². The molecule has 0 radical (unpaired) electrons. The highest BCUT2D eigenvalue weighted by molar-refractivity contribution is 9.10. The van der Waals surface area contributed by atoms with Gasteiger partial charge >= 0.3 is 5.97 Å². The second kappa shape index (κ2) is 6.73. The topological polar surface area (TPSA) is 68.0 Å². The standard InChI is InChI=1S/C12H14BrN3O2S2/c1-7(2)11-14-15-12(20-6-10(17)18)16(11)5-9-8(13)3-4-19-9/h3-4,7H,5-6H2,1-2H3,(H,17,18). The second-order valence-corrected chi connectivity index (χ2v) is 7.25. The van der Waals surface area contributed by atoms with Crippen molar-refractivity contribution in [3.05, 3.63) is 26.6 Å². The van der Waals surface area contributed by atoms with Crippen LogP contribution in [-0.4, -0.2) is 31.6 Å². The van der Waals surface area contributed by atoms with Gasteiger partial charge in [0, 0.05) is 15.3 Å². The first kappa shape index (κ1) is 15.5. The third-order valence-corrected chi connectivity index (χ3v) is 5.44. The van der Waals surface area contributed by atoms with Crippen molar-refractivity contribution < 1.29 is 9.90 Å². The van der Waals surface area contributed by atoms with E-state index in [4.69, 9.17) is 5.11 Å². The van der Waals surface area contributed by atoms with Gasteiger partial charge in [0.2, 0.25) is 0 Å². The number of thiophene rings is 1. The minimum Gasteiger partial charge on any atom is -0.481 e. The molecule has 0 saturated carbocycles. The summed E-state index contributed by atoms with van der Waals surface area (Å²) in [4.78, 5) is 11.9. The number of halogens is 1. The highest BCUT2D eigenvalue weighted by Crippen LogP contribution is 2.28. The average Bonchev–Trinajstić information content (AvgIpc) is 2.95. The van der Waals surface area contributed by atoms with Gasteiger partial charge < -0.3 is 9.67 Å². The van der Waals surface area contributed by atoms with Crippen molar-refractivity contribution >= 4 is 45.0 Å². The summed E-state index contributed by atoms with van der Waals surface area (Å²) in [6, 6.07) is 2.00. The molecule has 2 aromatic heterocycles. The predicted octanol–water partition coefficient (Wildman–Crippen LogP) is 3.45. The molecule has 0 saturated heterocycles. The summed E-state index contributed by atoms with van der Waals surface area (Å²) in [6.45, 7) is 4.76. The summed E-state index contributed by atoms with van der Waals surface area (Å²) in [6.07, 6.45) is 0. The van der Waals surface area contributed by atoms with Crippen LogP contribution >= 0.6 is 39.0 Å². The molecule has 0 unspecified atom stereocenters. The summed E-state index contributed by atoms with van der Waals surface area (Å²) in [5.41, 5.74) is 0. The quantitative estimate of drug-likeness (QED) is 0.783. The van der Waals surface area contributed by atoms with Crippen LogP contribution < -0.4 is 0 Å². The fraction of sp³-hybridized carbons (Fsp3) is 0.417. The molecule has 0 aliphatic rings. The maximum Gasteiger partial charge on any atom is 0.313 e. The van der Waals surface area contributed by atoms with E-state index in [0.29, 0.717) is 11.7 Å². The van der Waals surface area contributed by atoms with Gasteiger partial charge in [-0.25, -0.2) is 0 Å². The second-order valence-electron chi connectivity index (χ2n) is 4.46. The zero-order chi connectivity index (χ0) is 14.7. The van der Waals surface area contributed by atoms with E-state index in [1.54, 1.807) is 11.3 Å². The molecule has 2 rings (SSSR count). The van der Waals surface area contributed by atoms with E-state index < -0.39 is 5.97 Å². The van der Waals surface area contributed by atoms with Crippen molar-refractivity contribution in [2.75, 3.05) is 5.75 Å². The summed E-state index contributed by atoms with van der Waals surface area (Å²) in [5.74, 6) is 0.244. The number of hydrogen-bond acceptors (Lipinski definition) is 5. The van der Waals surface area contributed by atoms with E-state index in [9.17, 15) is 4.79 Å². The molecule has 5 nitrogen and oxygen atoms in total. The van der Waals surface area contributed by atoms with E-state index in [1.807, 2.05) is 16.0 Å². The number of nitrogens with zero attached hydrogens (tertiary/aromatic N) is 3. The maximum atomic E-state index is 10.7. The zero-order valence-corrected chi connectivity index (χ0v) is 14.3. The van der Waals surface area contributed by atoms with Crippen molar-refractivity contribution in [3.63, 3.8) is 0 Å². The number of rotatable bonds is 6. The Kier molecular flexibility index (Phi) is 5.22. The van der Waals surface area contributed by atoms with Gasteiger partial charge in [-0.2, -0.15) is 0 Å². The molecule has 0 aliphatic heterocycles. The van der Waals surface area contributed by atoms with Crippen LogP contribution in [0.3, 0.4) is 0 Å². The lowest BCUT2D eigenvalue weighted by atomic mass is 10.2. The molecular weight excluding hydrogens is 362 g/mol. The van der Waals surface area contributed by atoms with E-state index >= 15 is 0 Å². The molecule has 0 spiro atoms. The van der Waals surface area contributed by atoms with Gasteiger partial charge in [0.1, 0.15) is 5.82 Å². The summed E-state index contributed by atoms with van der Waals surface area (Å²) >= 11 is 6.37. The largest absolute Gasteiger partial charge is 0.481 e. The molecular formula is C12H14BrN3O2S2. The lowest BCUT2D eigenvalue weighted by molar-refractivity contribution is -0.133. The minimum absolute atomic E-state index is 0.0121. The Morgan fingerprint density at radius 2 is 2.30 bits per heavy atom. The first-order valence-corrected chi connectivity index (χ1v) is 8.64. The molecule has 0 aliphatic carbocycles. The summed E-state index contributed by atoms with van der Waals surface area (Å²) in [7, 11) is 0. The first-order chi connectivity index (χ1) is 9.49. The third kappa shape index (κ3) is 3.62. The van der Waals surface area contributed by atoms with Gasteiger partial charge in [-0.3, -0.25) is 4.79 Å². The van der Waals surface area contributed by atoms with Gasteiger partial charge in [0.15, 0.2) is 5.16 Å². The Morgan fingerprint density at radius 1 is 1.55 bits per heavy atom. The molecule has 0 atom stereocenters. The van der Waals surface area contributed by atoms with Crippen LogP contribution in [0, 0.1) is 0 Å². The third-order valence-electron chi connectivity index (χ3n) is 2.58. The highest BCUT2D eigenvalue weighted by Gasteiger charge is 2.17. The van der Waals surface area contributed by atoms with Crippen LogP contribution in [0.15, 0.2) is 21.1 Å². The molecule has 0 amide bonds. The Bertz CT molecular complexity index is 610. The molecule has 8 heteroatoms. The SMILES string of the molecule is CC(C)c1nnc(SCC(=O)O)n1Cc1sccc1Br. The minimum atomic E-state index is -0.854. The van der Waals surface area contributed by atoms with Crippen LogP contribution in [0.5, 0.6) is 0 Å². The van der Waals surface area contributed by atoms with Crippen molar-refractivity contribution in [1.82, 2.24) is 14.8 Å². The predicted molar refractivity (Wildman–Crippen MR) is 83.6 cm³/mol. The summed E-state index contributed by atoms with van der Waals surface area (Å²) < 4.78 is 3.05. The summed E-state index contributed by atoms with van der Waals surface area (Å²) in [5, 5.41) is 19.8. The van der Waals surface area contributed by atoms with Gasteiger partial charge in [-0.05, 0) is 27.4 Å². The van der Waals surface area contributed by atoms with Crippen molar-refractivity contribution in [3.8, 4) is 0 Å². The Hall–Kier alpha value is -0.860. The van der Waals surface area contributed by atoms with Crippen LogP contribution in [0.2, 0.25) is 0 Å². The highest BCUT2D eigenvalue weighted by atomic mass is 79.9.